The molecule has 1 N–H and O–H groups in total. The third-order valence-electron chi connectivity index (χ3n) is 3.35. The lowest BCUT2D eigenvalue weighted by Gasteiger charge is -2.27. The number of nitrogens with one attached hydrogen (secondary N) is 1. The molecule has 0 spiro atoms. The first-order valence-electron chi connectivity index (χ1n) is 6.38. The van der Waals surface area contributed by atoms with Crippen molar-refractivity contribution in [2.24, 2.45) is 0 Å². The molecule has 1 unspecified atom stereocenters. The lowest BCUT2D eigenvalue weighted by atomic mass is 10.0. The number of benzene rings is 2. The number of halogens is 4. The summed E-state index contributed by atoms with van der Waals surface area (Å²) >= 11 is 1.38. The van der Waals surface area contributed by atoms with Gasteiger partial charge in [-0.25, -0.2) is 17.6 Å². The first kappa shape index (κ1) is 14.3. The number of fused-ring (bicyclic) bond motifs is 1. The Morgan fingerprint density at radius 1 is 1.00 bits per heavy atom. The van der Waals surface area contributed by atoms with Crippen LogP contribution in [0.1, 0.15) is 18.0 Å². The molecule has 0 bridgehead atoms. The largest absolute Gasteiger partial charge is 0.373 e. The van der Waals surface area contributed by atoms with E-state index in [0.717, 1.165) is 0 Å². The number of hydrogen-bond donors (Lipinski definition) is 1. The minimum atomic E-state index is -0.997. The molecule has 0 radical (unpaired) electrons. The van der Waals surface area contributed by atoms with Gasteiger partial charge in [-0.2, -0.15) is 0 Å². The van der Waals surface area contributed by atoms with Crippen LogP contribution in [0.3, 0.4) is 0 Å². The van der Waals surface area contributed by atoms with Crippen LogP contribution in [-0.2, 0) is 0 Å². The first-order chi connectivity index (χ1) is 10.1. The zero-order chi connectivity index (χ0) is 15.0. The van der Waals surface area contributed by atoms with Crippen LogP contribution in [0.15, 0.2) is 35.2 Å². The van der Waals surface area contributed by atoms with Crippen molar-refractivity contribution < 1.29 is 17.6 Å². The van der Waals surface area contributed by atoms with Crippen molar-refractivity contribution in [2.75, 3.05) is 11.1 Å². The number of thioether (sulfide) groups is 1. The van der Waals surface area contributed by atoms with Gasteiger partial charge in [0.05, 0.1) is 6.04 Å². The zero-order valence-electron chi connectivity index (χ0n) is 10.8. The van der Waals surface area contributed by atoms with E-state index in [1.165, 1.54) is 17.8 Å². The van der Waals surface area contributed by atoms with Crippen molar-refractivity contribution in [3.63, 3.8) is 0 Å². The molecular weight excluding hydrogens is 302 g/mol. The summed E-state index contributed by atoms with van der Waals surface area (Å²) in [6, 6.07) is 5.47. The molecule has 3 rings (SSSR count). The molecular formula is C15H11F4NS. The van der Waals surface area contributed by atoms with E-state index in [1.807, 2.05) is 0 Å². The highest BCUT2D eigenvalue weighted by Crippen LogP contribution is 2.40. The summed E-state index contributed by atoms with van der Waals surface area (Å²) in [6.07, 6.45) is 0.595. The van der Waals surface area contributed by atoms with Gasteiger partial charge in [-0.1, -0.05) is 12.1 Å². The van der Waals surface area contributed by atoms with Crippen LogP contribution in [0.2, 0.25) is 0 Å². The minimum Gasteiger partial charge on any atom is -0.373 e. The Kier molecular flexibility index (Phi) is 3.80. The van der Waals surface area contributed by atoms with Gasteiger partial charge in [0.15, 0.2) is 11.6 Å². The van der Waals surface area contributed by atoms with Gasteiger partial charge in [0.2, 0.25) is 0 Å². The summed E-state index contributed by atoms with van der Waals surface area (Å²) in [5.41, 5.74) is 0.276. The van der Waals surface area contributed by atoms with Gasteiger partial charge in [-0.05, 0) is 18.1 Å². The van der Waals surface area contributed by atoms with Gasteiger partial charge < -0.3 is 5.32 Å². The highest BCUT2D eigenvalue weighted by atomic mass is 32.2. The Morgan fingerprint density at radius 2 is 1.71 bits per heavy atom. The van der Waals surface area contributed by atoms with Crippen LogP contribution in [-0.4, -0.2) is 5.75 Å². The molecule has 1 atom stereocenters. The van der Waals surface area contributed by atoms with E-state index in [9.17, 15) is 17.6 Å². The number of hydrogen-bond acceptors (Lipinski definition) is 2. The fraction of sp³-hybridized carbons (Fsp3) is 0.200. The van der Waals surface area contributed by atoms with Crippen LogP contribution in [0.25, 0.3) is 0 Å². The molecule has 1 aliphatic rings. The van der Waals surface area contributed by atoms with E-state index in [4.69, 9.17) is 0 Å². The maximum atomic E-state index is 13.7. The zero-order valence-corrected chi connectivity index (χ0v) is 11.6. The van der Waals surface area contributed by atoms with E-state index >= 15 is 0 Å². The summed E-state index contributed by atoms with van der Waals surface area (Å²) in [5, 5.41) is 2.73. The van der Waals surface area contributed by atoms with E-state index in [1.54, 1.807) is 12.1 Å². The average Bonchev–Trinajstić information content (AvgIpc) is 2.43. The van der Waals surface area contributed by atoms with Gasteiger partial charge in [0, 0.05) is 22.8 Å². The molecule has 0 aromatic heterocycles. The molecule has 1 heterocycles. The molecule has 2 aromatic rings. The van der Waals surface area contributed by atoms with Gasteiger partial charge in [0.25, 0.3) is 0 Å². The Hall–Kier alpha value is -1.69. The van der Waals surface area contributed by atoms with E-state index < -0.39 is 23.5 Å². The van der Waals surface area contributed by atoms with Crippen molar-refractivity contribution in [1.82, 2.24) is 0 Å². The van der Waals surface area contributed by atoms with Crippen LogP contribution >= 0.6 is 11.8 Å². The standard InChI is InChI=1S/C15H11F4NS/c16-8-6-11(18)14(12(19)7-8)20-13-4-5-21-15-9(13)2-1-3-10(15)17/h1-3,6-7,13,20H,4-5H2. The SMILES string of the molecule is Fc1cc(F)c(NC2CCSc3c(F)cccc32)c(F)c1. The maximum Gasteiger partial charge on any atom is 0.152 e. The minimum absolute atomic E-state index is 0.343. The molecule has 1 nitrogen and oxygen atoms in total. The van der Waals surface area contributed by atoms with Crippen LogP contribution in [0.5, 0.6) is 0 Å². The second-order valence-electron chi connectivity index (χ2n) is 4.74. The van der Waals surface area contributed by atoms with E-state index in [2.05, 4.69) is 5.32 Å². The summed E-state index contributed by atoms with van der Waals surface area (Å²) < 4.78 is 54.1. The summed E-state index contributed by atoms with van der Waals surface area (Å²) in [7, 11) is 0. The van der Waals surface area contributed by atoms with Gasteiger partial charge in [0.1, 0.15) is 17.3 Å². The van der Waals surface area contributed by atoms with Crippen LogP contribution < -0.4 is 5.32 Å². The smallest absolute Gasteiger partial charge is 0.152 e. The van der Waals surface area contributed by atoms with Crippen molar-refractivity contribution in [3.8, 4) is 0 Å². The molecule has 0 saturated carbocycles. The fourth-order valence-corrected chi connectivity index (χ4v) is 3.53. The molecule has 110 valence electrons. The number of rotatable bonds is 2. The third-order valence-corrected chi connectivity index (χ3v) is 4.51. The van der Waals surface area contributed by atoms with Gasteiger partial charge >= 0.3 is 0 Å². The van der Waals surface area contributed by atoms with Gasteiger partial charge in [-0.3, -0.25) is 0 Å². The van der Waals surface area contributed by atoms with Crippen molar-refractivity contribution >= 4 is 17.4 Å². The molecule has 0 saturated heterocycles. The first-order valence-corrected chi connectivity index (χ1v) is 7.37. The maximum absolute atomic E-state index is 13.7. The Labute approximate surface area is 123 Å². The van der Waals surface area contributed by atoms with Crippen molar-refractivity contribution in [1.29, 1.82) is 0 Å². The molecule has 0 amide bonds. The predicted octanol–water partition coefficient (Wildman–Crippen LogP) is 4.89. The number of anilines is 1. The lowest BCUT2D eigenvalue weighted by molar-refractivity contribution is 0.541. The summed E-state index contributed by atoms with van der Waals surface area (Å²) in [5.74, 6) is -2.67. The topological polar surface area (TPSA) is 12.0 Å². The molecule has 2 aromatic carbocycles. The second kappa shape index (κ2) is 5.60. The highest BCUT2D eigenvalue weighted by molar-refractivity contribution is 7.99. The lowest BCUT2D eigenvalue weighted by Crippen LogP contribution is -2.18. The molecule has 6 heteroatoms. The average molecular weight is 313 g/mol. The van der Waals surface area contributed by atoms with Crippen molar-refractivity contribution in [2.45, 2.75) is 17.4 Å². The molecule has 21 heavy (non-hydrogen) atoms. The molecule has 0 fully saturated rings. The fourth-order valence-electron chi connectivity index (χ4n) is 2.39. The molecule has 1 aliphatic heterocycles. The highest BCUT2D eigenvalue weighted by Gasteiger charge is 2.25. The van der Waals surface area contributed by atoms with Crippen molar-refractivity contribution in [3.05, 3.63) is 59.2 Å². The van der Waals surface area contributed by atoms with E-state index in [0.29, 0.717) is 34.8 Å². The Morgan fingerprint density at radius 3 is 2.43 bits per heavy atom. The van der Waals surface area contributed by atoms with E-state index in [-0.39, 0.29) is 11.5 Å². The quantitative estimate of drug-likeness (QED) is 0.792. The molecule has 0 aliphatic carbocycles. The third kappa shape index (κ3) is 2.72. The summed E-state index contributed by atoms with van der Waals surface area (Å²) in [4.78, 5) is 0.490. The predicted molar refractivity (Wildman–Crippen MR) is 74.4 cm³/mol. The van der Waals surface area contributed by atoms with Gasteiger partial charge in [-0.15, -0.1) is 11.8 Å². The Bertz CT molecular complexity index is 666. The van der Waals surface area contributed by atoms with Crippen LogP contribution in [0.4, 0.5) is 23.2 Å². The Balaban J connectivity index is 1.96. The normalized spacial score (nSPS) is 17.4. The second-order valence-corrected chi connectivity index (χ2v) is 5.84. The summed E-state index contributed by atoms with van der Waals surface area (Å²) in [6.45, 7) is 0. The van der Waals surface area contributed by atoms with Crippen LogP contribution in [0, 0.1) is 23.3 Å². The monoisotopic (exact) mass is 313 g/mol.